The molecule has 1 aliphatic carbocycles. The highest BCUT2D eigenvalue weighted by Gasteiger charge is 2.35. The average molecular weight is 331 g/mol. The SMILES string of the molecule is O=S(=O)(c1cc(CO)ccc1Cl)N1CCN(C2CC2)CC1. The molecule has 0 spiro atoms. The number of rotatable bonds is 4. The van der Waals surface area contributed by atoms with Crippen molar-refractivity contribution in [3.05, 3.63) is 28.8 Å². The van der Waals surface area contributed by atoms with Crippen molar-refractivity contribution in [2.24, 2.45) is 0 Å². The monoisotopic (exact) mass is 330 g/mol. The van der Waals surface area contributed by atoms with Crippen LogP contribution in [-0.2, 0) is 16.6 Å². The van der Waals surface area contributed by atoms with Gasteiger partial charge in [0, 0.05) is 32.2 Å². The van der Waals surface area contributed by atoms with Gasteiger partial charge in [0.25, 0.3) is 0 Å². The highest BCUT2D eigenvalue weighted by Crippen LogP contribution is 2.30. The topological polar surface area (TPSA) is 60.9 Å². The van der Waals surface area contributed by atoms with Crippen molar-refractivity contribution >= 4 is 21.6 Å². The summed E-state index contributed by atoms with van der Waals surface area (Å²) < 4.78 is 26.9. The third kappa shape index (κ3) is 3.10. The van der Waals surface area contributed by atoms with Crippen molar-refractivity contribution in [3.63, 3.8) is 0 Å². The Morgan fingerprint density at radius 3 is 2.43 bits per heavy atom. The predicted octanol–water partition coefficient (Wildman–Crippen LogP) is 1.30. The Hall–Kier alpha value is -0.660. The van der Waals surface area contributed by atoms with Gasteiger partial charge >= 0.3 is 0 Å². The van der Waals surface area contributed by atoms with Gasteiger partial charge in [0.05, 0.1) is 11.6 Å². The first-order valence-corrected chi connectivity index (χ1v) is 8.97. The van der Waals surface area contributed by atoms with Crippen LogP contribution in [0.15, 0.2) is 23.1 Å². The number of piperazine rings is 1. The fraction of sp³-hybridized carbons (Fsp3) is 0.571. The summed E-state index contributed by atoms with van der Waals surface area (Å²) in [5.74, 6) is 0. The maximum absolute atomic E-state index is 12.7. The van der Waals surface area contributed by atoms with Crippen LogP contribution >= 0.6 is 11.6 Å². The quantitative estimate of drug-likeness (QED) is 0.904. The van der Waals surface area contributed by atoms with Crippen molar-refractivity contribution in [2.75, 3.05) is 26.2 Å². The lowest BCUT2D eigenvalue weighted by molar-refractivity contribution is 0.180. The number of benzene rings is 1. The van der Waals surface area contributed by atoms with Gasteiger partial charge in [-0.3, -0.25) is 4.90 Å². The molecule has 7 heteroatoms. The molecule has 2 fully saturated rings. The largest absolute Gasteiger partial charge is 0.392 e. The molecular weight excluding hydrogens is 312 g/mol. The number of halogens is 1. The third-order valence-electron chi connectivity index (χ3n) is 4.13. The van der Waals surface area contributed by atoms with Crippen LogP contribution in [0.3, 0.4) is 0 Å². The summed E-state index contributed by atoms with van der Waals surface area (Å²) >= 11 is 6.05. The molecule has 1 aromatic carbocycles. The smallest absolute Gasteiger partial charge is 0.244 e. The van der Waals surface area contributed by atoms with Gasteiger partial charge in [-0.2, -0.15) is 4.31 Å². The second-order valence-corrected chi connectivity index (χ2v) is 7.91. The van der Waals surface area contributed by atoms with Crippen molar-refractivity contribution in [1.82, 2.24) is 9.21 Å². The second kappa shape index (κ2) is 5.85. The molecule has 1 saturated carbocycles. The van der Waals surface area contributed by atoms with Gasteiger partial charge < -0.3 is 5.11 Å². The first kappa shape index (κ1) is 15.2. The van der Waals surface area contributed by atoms with Crippen LogP contribution in [0.4, 0.5) is 0 Å². The van der Waals surface area contributed by atoms with Crippen LogP contribution in [0.2, 0.25) is 5.02 Å². The van der Waals surface area contributed by atoms with Gasteiger partial charge in [-0.1, -0.05) is 17.7 Å². The van der Waals surface area contributed by atoms with Gasteiger partial charge in [0.2, 0.25) is 10.0 Å². The summed E-state index contributed by atoms with van der Waals surface area (Å²) in [5, 5.41) is 9.38. The van der Waals surface area contributed by atoms with Crippen LogP contribution in [0.1, 0.15) is 18.4 Å². The first-order valence-electron chi connectivity index (χ1n) is 7.16. The molecule has 2 aliphatic rings. The zero-order valence-electron chi connectivity index (χ0n) is 11.7. The van der Waals surface area contributed by atoms with Gasteiger partial charge in [-0.25, -0.2) is 8.42 Å². The van der Waals surface area contributed by atoms with E-state index in [4.69, 9.17) is 11.6 Å². The maximum atomic E-state index is 12.7. The molecule has 0 amide bonds. The Bertz CT molecular complexity index is 623. The minimum Gasteiger partial charge on any atom is -0.392 e. The zero-order valence-corrected chi connectivity index (χ0v) is 13.3. The molecule has 0 aromatic heterocycles. The zero-order chi connectivity index (χ0) is 15.0. The van der Waals surface area contributed by atoms with E-state index < -0.39 is 10.0 Å². The molecule has 1 saturated heterocycles. The van der Waals surface area contributed by atoms with Crippen molar-refractivity contribution in [1.29, 1.82) is 0 Å². The maximum Gasteiger partial charge on any atom is 0.244 e. The average Bonchev–Trinajstić information content (AvgIpc) is 3.32. The number of sulfonamides is 1. The van der Waals surface area contributed by atoms with Crippen molar-refractivity contribution in [2.45, 2.75) is 30.4 Å². The Morgan fingerprint density at radius 1 is 1.19 bits per heavy atom. The highest BCUT2D eigenvalue weighted by molar-refractivity contribution is 7.89. The summed E-state index contributed by atoms with van der Waals surface area (Å²) in [6.45, 7) is 2.36. The summed E-state index contributed by atoms with van der Waals surface area (Å²) in [7, 11) is -3.59. The Kier molecular flexibility index (Phi) is 4.25. The molecule has 5 nitrogen and oxygen atoms in total. The Balaban J connectivity index is 1.80. The minimum absolute atomic E-state index is 0.0931. The van der Waals surface area contributed by atoms with Crippen LogP contribution in [-0.4, -0.2) is 55.0 Å². The fourth-order valence-electron chi connectivity index (χ4n) is 2.73. The molecule has 0 radical (unpaired) electrons. The molecule has 0 bridgehead atoms. The molecular formula is C14H19ClN2O3S. The molecule has 1 aliphatic heterocycles. The number of hydrogen-bond acceptors (Lipinski definition) is 4. The van der Waals surface area contributed by atoms with E-state index in [-0.39, 0.29) is 16.5 Å². The Morgan fingerprint density at radius 2 is 1.86 bits per heavy atom. The second-order valence-electron chi connectivity index (χ2n) is 5.59. The number of aliphatic hydroxyl groups excluding tert-OH is 1. The molecule has 0 unspecified atom stereocenters. The van der Waals surface area contributed by atoms with Crippen LogP contribution in [0, 0.1) is 0 Å². The molecule has 116 valence electrons. The van der Waals surface area contributed by atoms with Gasteiger partial charge in [0.1, 0.15) is 4.90 Å². The van der Waals surface area contributed by atoms with E-state index in [1.807, 2.05) is 0 Å². The standard InChI is InChI=1S/C14H19ClN2O3S/c15-13-4-1-11(10-18)9-14(13)21(19,20)17-7-5-16(6-8-17)12-2-3-12/h1,4,9,12,18H,2-3,5-8,10H2. The number of nitrogens with zero attached hydrogens (tertiary/aromatic N) is 2. The molecule has 21 heavy (non-hydrogen) atoms. The van der Waals surface area contributed by atoms with Gasteiger partial charge in [-0.15, -0.1) is 0 Å². The molecule has 3 rings (SSSR count). The lowest BCUT2D eigenvalue weighted by Crippen LogP contribution is -2.49. The number of hydrogen-bond donors (Lipinski definition) is 1. The van der Waals surface area contributed by atoms with E-state index in [9.17, 15) is 13.5 Å². The molecule has 1 heterocycles. The van der Waals surface area contributed by atoms with Gasteiger partial charge in [-0.05, 0) is 30.5 Å². The summed E-state index contributed by atoms with van der Waals surface area (Å²) in [6.07, 6.45) is 2.47. The molecule has 1 aromatic rings. The predicted molar refractivity (Wildman–Crippen MR) is 80.7 cm³/mol. The van der Waals surface area contributed by atoms with Crippen LogP contribution in [0.25, 0.3) is 0 Å². The van der Waals surface area contributed by atoms with E-state index in [0.717, 1.165) is 13.1 Å². The normalized spacial score (nSPS) is 21.6. The summed E-state index contributed by atoms with van der Waals surface area (Å²) in [5.41, 5.74) is 0.551. The Labute approximate surface area is 130 Å². The third-order valence-corrected chi connectivity index (χ3v) is 6.51. The number of aliphatic hydroxyl groups is 1. The van der Waals surface area contributed by atoms with Crippen molar-refractivity contribution in [3.8, 4) is 0 Å². The van der Waals surface area contributed by atoms with Crippen LogP contribution < -0.4 is 0 Å². The van der Waals surface area contributed by atoms with E-state index >= 15 is 0 Å². The molecule has 0 atom stereocenters. The van der Waals surface area contributed by atoms with Crippen molar-refractivity contribution < 1.29 is 13.5 Å². The van der Waals surface area contributed by atoms with Crippen LogP contribution in [0.5, 0.6) is 0 Å². The van der Waals surface area contributed by atoms with E-state index in [1.54, 1.807) is 6.07 Å². The first-order chi connectivity index (χ1) is 10.0. The van der Waals surface area contributed by atoms with E-state index in [1.165, 1.54) is 29.3 Å². The lowest BCUT2D eigenvalue weighted by Gasteiger charge is -2.34. The van der Waals surface area contributed by atoms with E-state index in [2.05, 4.69) is 4.90 Å². The summed E-state index contributed by atoms with van der Waals surface area (Å²) in [6, 6.07) is 5.29. The summed E-state index contributed by atoms with van der Waals surface area (Å²) in [4.78, 5) is 2.45. The molecule has 1 N–H and O–H groups in total. The van der Waals surface area contributed by atoms with E-state index in [0.29, 0.717) is 24.7 Å². The van der Waals surface area contributed by atoms with Gasteiger partial charge in [0.15, 0.2) is 0 Å². The highest BCUT2D eigenvalue weighted by atomic mass is 35.5. The fourth-order valence-corrected chi connectivity index (χ4v) is 4.68. The minimum atomic E-state index is -3.59. The lowest BCUT2D eigenvalue weighted by atomic mass is 10.2.